The number of rotatable bonds is 3. The zero-order chi connectivity index (χ0) is 10.6. The number of hydrogen-bond donors (Lipinski definition) is 0. The van der Waals surface area contributed by atoms with Crippen LogP contribution in [0.3, 0.4) is 0 Å². The first-order chi connectivity index (χ1) is 6.65. The molecular formula is C10H20N2OS. The molecule has 0 aromatic carbocycles. The molecule has 82 valence electrons. The molecule has 0 bridgehead atoms. The van der Waals surface area contributed by atoms with Crippen molar-refractivity contribution in [2.24, 2.45) is 5.92 Å². The fraction of sp³-hybridized carbons (Fsp3) is 0.900. The standard InChI is InChI=1S/C10H20N2OS/c1-9(8-14-3)10(13)12-6-4-11(2)5-7-12/h9H,4-8H2,1-3H3. The van der Waals surface area contributed by atoms with E-state index in [0.29, 0.717) is 5.91 Å². The maximum atomic E-state index is 11.9. The van der Waals surface area contributed by atoms with E-state index in [4.69, 9.17) is 0 Å². The van der Waals surface area contributed by atoms with Crippen molar-refractivity contribution in [3.8, 4) is 0 Å². The van der Waals surface area contributed by atoms with Gasteiger partial charge in [-0.15, -0.1) is 0 Å². The van der Waals surface area contributed by atoms with Gasteiger partial charge in [0.05, 0.1) is 0 Å². The second-order valence-electron chi connectivity index (χ2n) is 3.98. The van der Waals surface area contributed by atoms with Crippen LogP contribution in [0.15, 0.2) is 0 Å². The van der Waals surface area contributed by atoms with E-state index >= 15 is 0 Å². The van der Waals surface area contributed by atoms with Gasteiger partial charge in [0.15, 0.2) is 0 Å². The molecule has 0 radical (unpaired) electrons. The predicted molar refractivity (Wildman–Crippen MR) is 61.6 cm³/mol. The smallest absolute Gasteiger partial charge is 0.226 e. The summed E-state index contributed by atoms with van der Waals surface area (Å²) < 4.78 is 0. The quantitative estimate of drug-likeness (QED) is 0.696. The van der Waals surface area contributed by atoms with E-state index in [1.165, 1.54) is 0 Å². The van der Waals surface area contributed by atoms with Crippen molar-refractivity contribution < 1.29 is 4.79 Å². The molecule has 0 aromatic heterocycles. The maximum Gasteiger partial charge on any atom is 0.226 e. The Morgan fingerprint density at radius 1 is 1.36 bits per heavy atom. The average Bonchev–Trinajstić information content (AvgIpc) is 2.18. The Morgan fingerprint density at radius 3 is 2.43 bits per heavy atom. The molecule has 3 nitrogen and oxygen atoms in total. The molecule has 0 N–H and O–H groups in total. The Labute approximate surface area is 90.8 Å². The molecule has 0 aromatic rings. The molecule has 0 aliphatic carbocycles. The number of piperazine rings is 1. The van der Waals surface area contributed by atoms with Crippen molar-refractivity contribution in [1.82, 2.24) is 9.80 Å². The van der Waals surface area contributed by atoms with Gasteiger partial charge >= 0.3 is 0 Å². The van der Waals surface area contributed by atoms with Gasteiger partial charge in [0.2, 0.25) is 5.91 Å². The highest BCUT2D eigenvalue weighted by atomic mass is 32.2. The minimum Gasteiger partial charge on any atom is -0.340 e. The number of amides is 1. The lowest BCUT2D eigenvalue weighted by Crippen LogP contribution is -2.49. The van der Waals surface area contributed by atoms with E-state index < -0.39 is 0 Å². The molecule has 1 amide bonds. The molecule has 1 saturated heterocycles. The lowest BCUT2D eigenvalue weighted by molar-refractivity contribution is -0.135. The van der Waals surface area contributed by atoms with Crippen LogP contribution in [0.5, 0.6) is 0 Å². The molecule has 1 aliphatic rings. The minimum atomic E-state index is 0.174. The largest absolute Gasteiger partial charge is 0.340 e. The molecule has 1 atom stereocenters. The number of thioether (sulfide) groups is 1. The third-order valence-electron chi connectivity index (χ3n) is 2.65. The lowest BCUT2D eigenvalue weighted by atomic mass is 10.1. The summed E-state index contributed by atoms with van der Waals surface area (Å²) in [5.41, 5.74) is 0. The highest BCUT2D eigenvalue weighted by Crippen LogP contribution is 2.10. The van der Waals surface area contributed by atoms with Gasteiger partial charge in [-0.3, -0.25) is 4.79 Å². The molecule has 1 fully saturated rings. The predicted octanol–water partition coefficient (Wildman–Crippen LogP) is 0.760. The molecular weight excluding hydrogens is 196 g/mol. The van der Waals surface area contributed by atoms with Gasteiger partial charge in [0.1, 0.15) is 0 Å². The molecule has 4 heteroatoms. The summed E-state index contributed by atoms with van der Waals surface area (Å²) >= 11 is 1.74. The fourth-order valence-corrected chi connectivity index (χ4v) is 2.30. The van der Waals surface area contributed by atoms with Crippen LogP contribution in [0.25, 0.3) is 0 Å². The summed E-state index contributed by atoms with van der Waals surface area (Å²) in [7, 11) is 2.10. The summed E-state index contributed by atoms with van der Waals surface area (Å²) in [4.78, 5) is 16.2. The zero-order valence-corrected chi connectivity index (χ0v) is 10.1. The van der Waals surface area contributed by atoms with E-state index in [2.05, 4.69) is 11.9 Å². The summed E-state index contributed by atoms with van der Waals surface area (Å²) in [6.07, 6.45) is 2.05. The Hall–Kier alpha value is -0.220. The molecule has 0 saturated carbocycles. The van der Waals surface area contributed by atoms with Crippen molar-refractivity contribution in [2.75, 3.05) is 45.2 Å². The van der Waals surface area contributed by atoms with Crippen LogP contribution in [0.1, 0.15) is 6.92 Å². The van der Waals surface area contributed by atoms with Gasteiger partial charge in [0.25, 0.3) is 0 Å². The molecule has 1 unspecified atom stereocenters. The van der Waals surface area contributed by atoms with Gasteiger partial charge in [-0.05, 0) is 13.3 Å². The monoisotopic (exact) mass is 216 g/mol. The number of carbonyl (C=O) groups is 1. The van der Waals surface area contributed by atoms with Crippen molar-refractivity contribution >= 4 is 17.7 Å². The second-order valence-corrected chi connectivity index (χ2v) is 4.90. The Kier molecular flexibility index (Phi) is 4.75. The molecule has 14 heavy (non-hydrogen) atoms. The maximum absolute atomic E-state index is 11.9. The average molecular weight is 216 g/mol. The van der Waals surface area contributed by atoms with Crippen molar-refractivity contribution in [2.45, 2.75) is 6.92 Å². The van der Waals surface area contributed by atoms with Gasteiger partial charge in [0, 0.05) is 37.8 Å². The van der Waals surface area contributed by atoms with Crippen molar-refractivity contribution in [3.05, 3.63) is 0 Å². The summed E-state index contributed by atoms with van der Waals surface area (Å²) in [5.74, 6) is 1.44. The number of likely N-dealkylation sites (N-methyl/N-ethyl adjacent to an activating group) is 1. The third-order valence-corrected chi connectivity index (χ3v) is 3.49. The second kappa shape index (κ2) is 5.61. The van der Waals surface area contributed by atoms with E-state index in [-0.39, 0.29) is 5.92 Å². The van der Waals surface area contributed by atoms with Gasteiger partial charge < -0.3 is 9.80 Å². The summed E-state index contributed by atoms with van der Waals surface area (Å²) in [6, 6.07) is 0. The van der Waals surface area contributed by atoms with Gasteiger partial charge in [-0.25, -0.2) is 0 Å². The summed E-state index contributed by atoms with van der Waals surface area (Å²) in [5, 5.41) is 0. The minimum absolute atomic E-state index is 0.174. The van der Waals surface area contributed by atoms with E-state index in [1.54, 1.807) is 11.8 Å². The number of hydrogen-bond acceptors (Lipinski definition) is 3. The SMILES string of the molecule is CSCC(C)C(=O)N1CCN(C)CC1. The summed E-state index contributed by atoms with van der Waals surface area (Å²) in [6.45, 7) is 5.84. The van der Waals surface area contributed by atoms with Crippen molar-refractivity contribution in [3.63, 3.8) is 0 Å². The van der Waals surface area contributed by atoms with Crippen LogP contribution in [0, 0.1) is 5.92 Å². The molecule has 1 heterocycles. The normalized spacial score (nSPS) is 20.9. The molecule has 1 rings (SSSR count). The van der Waals surface area contributed by atoms with Crippen molar-refractivity contribution in [1.29, 1.82) is 0 Å². The van der Waals surface area contributed by atoms with E-state index in [1.807, 2.05) is 18.1 Å². The topological polar surface area (TPSA) is 23.6 Å². The first kappa shape index (κ1) is 11.9. The first-order valence-electron chi connectivity index (χ1n) is 5.11. The molecule has 0 spiro atoms. The highest BCUT2D eigenvalue weighted by molar-refractivity contribution is 7.98. The zero-order valence-electron chi connectivity index (χ0n) is 9.32. The van der Waals surface area contributed by atoms with E-state index in [9.17, 15) is 4.79 Å². The molecule has 1 aliphatic heterocycles. The Morgan fingerprint density at radius 2 is 1.93 bits per heavy atom. The van der Waals surface area contributed by atoms with Gasteiger partial charge in [-0.2, -0.15) is 11.8 Å². The third kappa shape index (κ3) is 3.17. The Bertz CT molecular complexity index is 191. The first-order valence-corrected chi connectivity index (χ1v) is 6.50. The Balaban J connectivity index is 2.37. The van der Waals surface area contributed by atoms with Crippen LogP contribution < -0.4 is 0 Å². The van der Waals surface area contributed by atoms with E-state index in [0.717, 1.165) is 31.9 Å². The van der Waals surface area contributed by atoms with Gasteiger partial charge in [-0.1, -0.05) is 6.92 Å². The fourth-order valence-electron chi connectivity index (χ4n) is 1.66. The lowest BCUT2D eigenvalue weighted by Gasteiger charge is -2.33. The number of nitrogens with zero attached hydrogens (tertiary/aromatic N) is 2. The van der Waals surface area contributed by atoms with Crippen LogP contribution in [-0.4, -0.2) is 60.9 Å². The number of carbonyl (C=O) groups excluding carboxylic acids is 1. The van der Waals surface area contributed by atoms with Crippen LogP contribution in [0.4, 0.5) is 0 Å². The van der Waals surface area contributed by atoms with Crippen LogP contribution >= 0.6 is 11.8 Å². The van der Waals surface area contributed by atoms with Crippen LogP contribution in [0.2, 0.25) is 0 Å². The highest BCUT2D eigenvalue weighted by Gasteiger charge is 2.22. The van der Waals surface area contributed by atoms with Crippen LogP contribution in [-0.2, 0) is 4.79 Å².